The Morgan fingerprint density at radius 2 is 1.90 bits per heavy atom. The molecule has 2 aromatic heterocycles. The molecule has 6 rings (SSSR count). The van der Waals surface area contributed by atoms with E-state index in [1.54, 1.807) is 21.6 Å². The van der Waals surface area contributed by atoms with Crippen molar-refractivity contribution in [3.05, 3.63) is 80.6 Å². The molecule has 0 saturated carbocycles. The zero-order valence-corrected chi connectivity index (χ0v) is 23.7. The molecule has 0 aliphatic carbocycles. The van der Waals surface area contributed by atoms with Crippen molar-refractivity contribution in [3.63, 3.8) is 0 Å². The van der Waals surface area contributed by atoms with Crippen LogP contribution in [0.2, 0.25) is 0 Å². The number of nitrogens with zero attached hydrogens (tertiary/aromatic N) is 4. The second-order valence-corrected chi connectivity index (χ2v) is 12.3. The van der Waals surface area contributed by atoms with Crippen molar-refractivity contribution in [1.29, 1.82) is 0 Å². The molecule has 0 unspecified atom stereocenters. The Kier molecular flexibility index (Phi) is 7.55. The van der Waals surface area contributed by atoms with Crippen molar-refractivity contribution in [1.82, 2.24) is 14.3 Å². The van der Waals surface area contributed by atoms with Crippen molar-refractivity contribution in [2.45, 2.75) is 45.1 Å². The Morgan fingerprint density at radius 3 is 2.64 bits per heavy atom. The summed E-state index contributed by atoms with van der Waals surface area (Å²) < 4.78 is 7.83. The third-order valence-corrected chi connectivity index (χ3v) is 9.28. The molecule has 3 fully saturated rings. The second kappa shape index (κ2) is 11.2. The molecule has 202 valence electrons. The van der Waals surface area contributed by atoms with Gasteiger partial charge in [-0.05, 0) is 68.2 Å². The summed E-state index contributed by atoms with van der Waals surface area (Å²) in [6.07, 6.45) is 8.49. The fraction of sp³-hybridized carbons (Fsp3) is 0.400. The minimum atomic E-state index is -0.172. The number of piperidine rings is 1. The van der Waals surface area contributed by atoms with Gasteiger partial charge in [-0.25, -0.2) is 4.98 Å². The predicted octanol–water partition coefficient (Wildman–Crippen LogP) is 4.84. The highest BCUT2D eigenvalue weighted by molar-refractivity contribution is 8.26. The topological polar surface area (TPSA) is 67.2 Å². The molecular weight excluding hydrogens is 528 g/mol. The first-order valence-corrected chi connectivity index (χ1v) is 14.9. The first kappa shape index (κ1) is 26.2. The van der Waals surface area contributed by atoms with E-state index in [0.717, 1.165) is 57.4 Å². The highest BCUT2D eigenvalue weighted by Crippen LogP contribution is 2.35. The fourth-order valence-corrected chi connectivity index (χ4v) is 7.00. The highest BCUT2D eigenvalue weighted by Gasteiger charge is 2.35. The average molecular weight is 561 g/mol. The summed E-state index contributed by atoms with van der Waals surface area (Å²) in [5.41, 5.74) is 3.21. The Balaban J connectivity index is 1.31. The Morgan fingerprint density at radius 1 is 1.10 bits per heavy atom. The number of pyridine rings is 1. The standard InChI is InChI=1S/C30H32N4O3S2/c1-20-7-5-13-33-26(20)31-27(32-14-11-22(12-15-32)17-21-8-3-2-4-9-21)24(28(33)35)18-25-29(36)34(30(38)39-25)19-23-10-6-16-37-23/h2-5,7-9,13,18,22-23H,6,10-12,14-17,19H2,1H3/b25-18+/t23-/m1/s1. The maximum absolute atomic E-state index is 13.9. The number of amides is 1. The number of hydrogen-bond donors (Lipinski definition) is 0. The van der Waals surface area contributed by atoms with Gasteiger partial charge in [-0.2, -0.15) is 0 Å². The molecule has 0 radical (unpaired) electrons. The third kappa shape index (κ3) is 5.40. The lowest BCUT2D eigenvalue weighted by Gasteiger charge is -2.33. The Labute approximate surface area is 237 Å². The monoisotopic (exact) mass is 560 g/mol. The number of aromatic nitrogens is 2. The van der Waals surface area contributed by atoms with E-state index in [0.29, 0.717) is 38.7 Å². The normalized spacial score (nSPS) is 21.6. The number of anilines is 1. The zero-order chi connectivity index (χ0) is 26.9. The average Bonchev–Trinajstić information content (AvgIpc) is 3.56. The van der Waals surface area contributed by atoms with E-state index >= 15 is 0 Å². The first-order valence-electron chi connectivity index (χ1n) is 13.7. The van der Waals surface area contributed by atoms with Crippen LogP contribution in [-0.4, -0.2) is 56.9 Å². The number of thiocarbonyl (C=S) groups is 1. The molecule has 1 aromatic carbocycles. The maximum Gasteiger partial charge on any atom is 0.267 e. The Hall–Kier alpha value is -3.01. The number of thioether (sulfide) groups is 1. The number of carbonyl (C=O) groups is 1. The maximum atomic E-state index is 13.9. The van der Waals surface area contributed by atoms with Crippen LogP contribution in [0, 0.1) is 12.8 Å². The van der Waals surface area contributed by atoms with E-state index in [9.17, 15) is 9.59 Å². The van der Waals surface area contributed by atoms with Crippen molar-refractivity contribution in [3.8, 4) is 0 Å². The quantitative estimate of drug-likeness (QED) is 0.316. The number of ether oxygens (including phenoxy) is 1. The van der Waals surface area contributed by atoms with Gasteiger partial charge < -0.3 is 9.64 Å². The minimum absolute atomic E-state index is 0.00975. The summed E-state index contributed by atoms with van der Waals surface area (Å²) in [5, 5.41) is 0. The van der Waals surface area contributed by atoms with Crippen LogP contribution in [0.15, 0.2) is 58.4 Å². The molecule has 3 aliphatic heterocycles. The van der Waals surface area contributed by atoms with Crippen LogP contribution >= 0.6 is 24.0 Å². The molecule has 1 amide bonds. The molecule has 5 heterocycles. The van der Waals surface area contributed by atoms with Crippen molar-refractivity contribution in [2.24, 2.45) is 5.92 Å². The van der Waals surface area contributed by atoms with E-state index in [4.69, 9.17) is 21.9 Å². The van der Waals surface area contributed by atoms with Crippen LogP contribution in [0.5, 0.6) is 0 Å². The molecule has 7 nitrogen and oxygen atoms in total. The number of hydrogen-bond acceptors (Lipinski definition) is 7. The molecule has 39 heavy (non-hydrogen) atoms. The summed E-state index contributed by atoms with van der Waals surface area (Å²) in [4.78, 5) is 36.6. The van der Waals surface area contributed by atoms with Crippen LogP contribution in [0.4, 0.5) is 5.82 Å². The lowest BCUT2D eigenvalue weighted by atomic mass is 9.90. The molecule has 1 atom stereocenters. The number of carbonyl (C=O) groups excluding carboxylic acids is 1. The van der Waals surface area contributed by atoms with E-state index in [2.05, 4.69) is 35.2 Å². The van der Waals surface area contributed by atoms with Gasteiger partial charge >= 0.3 is 0 Å². The number of fused-ring (bicyclic) bond motifs is 1. The lowest BCUT2D eigenvalue weighted by molar-refractivity contribution is -0.123. The van der Waals surface area contributed by atoms with Gasteiger partial charge in [0.15, 0.2) is 0 Å². The van der Waals surface area contributed by atoms with Gasteiger partial charge in [-0.1, -0.05) is 60.4 Å². The molecule has 3 saturated heterocycles. The van der Waals surface area contributed by atoms with E-state index in [1.165, 1.54) is 17.3 Å². The van der Waals surface area contributed by atoms with Gasteiger partial charge in [0.05, 0.1) is 23.1 Å². The van der Waals surface area contributed by atoms with Gasteiger partial charge in [-0.3, -0.25) is 18.9 Å². The Bertz CT molecular complexity index is 1490. The molecule has 0 N–H and O–H groups in total. The number of benzene rings is 1. The van der Waals surface area contributed by atoms with E-state index in [1.807, 2.05) is 19.1 Å². The lowest BCUT2D eigenvalue weighted by Crippen LogP contribution is -2.37. The molecule has 0 spiro atoms. The molecule has 3 aromatic rings. The van der Waals surface area contributed by atoms with Gasteiger partial charge in [0.25, 0.3) is 11.5 Å². The highest BCUT2D eigenvalue weighted by atomic mass is 32.2. The van der Waals surface area contributed by atoms with Crippen LogP contribution in [0.25, 0.3) is 11.7 Å². The third-order valence-electron chi connectivity index (χ3n) is 7.90. The van der Waals surface area contributed by atoms with Crippen LogP contribution < -0.4 is 10.5 Å². The van der Waals surface area contributed by atoms with Gasteiger partial charge in [0.1, 0.15) is 15.8 Å². The SMILES string of the molecule is Cc1cccn2c(=O)c(/C=C3/SC(=S)N(C[C@H]4CCCO4)C3=O)c(N3CCC(Cc4ccccc4)CC3)nc12. The predicted molar refractivity (Wildman–Crippen MR) is 160 cm³/mol. The van der Waals surface area contributed by atoms with Gasteiger partial charge in [-0.15, -0.1) is 0 Å². The number of aryl methyl sites for hydroxylation is 1. The summed E-state index contributed by atoms with van der Waals surface area (Å²) in [6, 6.07) is 14.4. The van der Waals surface area contributed by atoms with E-state index in [-0.39, 0.29) is 17.6 Å². The summed E-state index contributed by atoms with van der Waals surface area (Å²) in [7, 11) is 0. The molecule has 3 aliphatic rings. The molecule has 9 heteroatoms. The summed E-state index contributed by atoms with van der Waals surface area (Å²) in [6.45, 7) is 4.77. The first-order chi connectivity index (χ1) is 19.0. The molecular formula is C30H32N4O3S2. The van der Waals surface area contributed by atoms with Crippen LogP contribution in [0.1, 0.15) is 42.4 Å². The number of rotatable bonds is 6. The van der Waals surface area contributed by atoms with Gasteiger partial charge in [0.2, 0.25) is 0 Å². The summed E-state index contributed by atoms with van der Waals surface area (Å²) >= 11 is 6.81. The molecule has 0 bridgehead atoms. The van der Waals surface area contributed by atoms with Crippen LogP contribution in [0.3, 0.4) is 0 Å². The second-order valence-electron chi connectivity index (χ2n) is 10.6. The zero-order valence-electron chi connectivity index (χ0n) is 22.0. The van der Waals surface area contributed by atoms with Gasteiger partial charge in [0, 0.05) is 25.9 Å². The largest absolute Gasteiger partial charge is 0.376 e. The minimum Gasteiger partial charge on any atom is -0.376 e. The van der Waals surface area contributed by atoms with Crippen molar-refractivity contribution in [2.75, 3.05) is 31.1 Å². The fourth-order valence-electron chi connectivity index (χ4n) is 5.74. The van der Waals surface area contributed by atoms with Crippen LogP contribution in [-0.2, 0) is 16.0 Å². The summed E-state index contributed by atoms with van der Waals surface area (Å²) in [5.74, 6) is 1.07. The van der Waals surface area contributed by atoms with Crippen molar-refractivity contribution < 1.29 is 9.53 Å². The smallest absolute Gasteiger partial charge is 0.267 e. The van der Waals surface area contributed by atoms with E-state index < -0.39 is 0 Å². The van der Waals surface area contributed by atoms with Crippen molar-refractivity contribution >= 4 is 51.7 Å².